The third-order valence-electron chi connectivity index (χ3n) is 8.78. The van der Waals surface area contributed by atoms with Crippen molar-refractivity contribution in [1.82, 2.24) is 34.4 Å². The van der Waals surface area contributed by atoms with E-state index in [0.717, 1.165) is 64.6 Å². The summed E-state index contributed by atoms with van der Waals surface area (Å²) in [4.78, 5) is 32.9. The third-order valence-corrected chi connectivity index (χ3v) is 8.78. The number of pyridine rings is 1. The van der Waals surface area contributed by atoms with E-state index >= 15 is 0 Å². The largest absolute Gasteiger partial charge is 0.488 e. The van der Waals surface area contributed by atoms with Gasteiger partial charge in [0.2, 0.25) is 5.91 Å². The zero-order valence-corrected chi connectivity index (χ0v) is 25.1. The number of aromatic nitrogens is 5. The molecule has 0 saturated carbocycles. The number of aryl methyl sites for hydroxylation is 1. The molecule has 2 aromatic carbocycles. The maximum atomic E-state index is 12.9. The Morgan fingerprint density at radius 3 is 2.82 bits per heavy atom. The first-order valence-electron chi connectivity index (χ1n) is 15.2. The van der Waals surface area contributed by atoms with Crippen LogP contribution in [0, 0.1) is 12.8 Å². The number of carbonyl (C=O) groups is 1. The van der Waals surface area contributed by atoms with Crippen LogP contribution in [-0.4, -0.2) is 92.7 Å². The Labute approximate surface area is 259 Å². The minimum Gasteiger partial charge on any atom is -0.488 e. The predicted molar refractivity (Wildman–Crippen MR) is 170 cm³/mol. The van der Waals surface area contributed by atoms with Gasteiger partial charge in [-0.1, -0.05) is 6.08 Å². The summed E-state index contributed by atoms with van der Waals surface area (Å²) in [6.45, 7) is 6.54. The van der Waals surface area contributed by atoms with Crippen molar-refractivity contribution in [3.8, 4) is 17.2 Å². The zero-order chi connectivity index (χ0) is 30.5. The maximum Gasteiger partial charge on any atom is 0.246 e. The minimum absolute atomic E-state index is 0.0801. The van der Waals surface area contributed by atoms with Crippen LogP contribution in [0.25, 0.3) is 16.6 Å². The van der Waals surface area contributed by atoms with Crippen molar-refractivity contribution in [3.63, 3.8) is 0 Å². The fourth-order valence-corrected chi connectivity index (χ4v) is 6.43. The molecule has 3 aliphatic rings. The number of rotatable bonds is 6. The highest BCUT2D eigenvalue weighted by Crippen LogP contribution is 2.43. The molecule has 8 rings (SSSR count). The molecule has 228 valence electrons. The lowest BCUT2D eigenvalue weighted by Gasteiger charge is -2.45. The molecule has 0 radical (unpaired) electrons. The molecule has 0 unspecified atom stereocenters. The van der Waals surface area contributed by atoms with Gasteiger partial charge in [0.05, 0.1) is 22.6 Å². The van der Waals surface area contributed by atoms with Crippen molar-refractivity contribution >= 4 is 39.6 Å². The molecule has 0 aliphatic carbocycles. The van der Waals surface area contributed by atoms with Crippen LogP contribution in [0.1, 0.15) is 5.56 Å². The van der Waals surface area contributed by atoms with Gasteiger partial charge in [-0.15, -0.1) is 0 Å². The van der Waals surface area contributed by atoms with Crippen LogP contribution >= 0.6 is 0 Å². The summed E-state index contributed by atoms with van der Waals surface area (Å²) in [7, 11) is 2.10. The van der Waals surface area contributed by atoms with E-state index in [1.54, 1.807) is 16.9 Å². The van der Waals surface area contributed by atoms with Crippen LogP contribution < -0.4 is 19.7 Å². The fraction of sp³-hybridized carbons (Fsp3) is 0.303. The normalized spacial score (nSPS) is 18.5. The Bertz CT molecular complexity index is 1950. The van der Waals surface area contributed by atoms with E-state index in [1.165, 1.54) is 6.33 Å². The molecule has 1 N–H and O–H groups in total. The molecule has 3 aliphatic heterocycles. The Morgan fingerprint density at radius 2 is 1.96 bits per heavy atom. The number of amides is 1. The number of nitrogens with zero attached hydrogens (tertiary/aromatic N) is 8. The highest BCUT2D eigenvalue weighted by molar-refractivity contribution is 6.00. The molecule has 1 atom stereocenters. The van der Waals surface area contributed by atoms with E-state index in [2.05, 4.69) is 54.4 Å². The lowest BCUT2D eigenvalue weighted by Crippen LogP contribution is -2.58. The number of piperazine rings is 1. The SMILES string of the molecule is Cc1cc(Nc2ncnc3ccc4c(c23)OC[C@@H]2CN(C(=O)/C=C/C3CN(C)C3)CCN42)ccc1Oc1ccn2ncnc2c1. The molecule has 3 aromatic heterocycles. The topological polar surface area (TPSA) is 113 Å². The van der Waals surface area contributed by atoms with E-state index in [0.29, 0.717) is 37.2 Å². The highest BCUT2D eigenvalue weighted by Gasteiger charge is 2.35. The molecule has 0 bridgehead atoms. The second-order valence-corrected chi connectivity index (χ2v) is 11.9. The van der Waals surface area contributed by atoms with E-state index in [1.807, 2.05) is 54.4 Å². The Kier molecular flexibility index (Phi) is 6.71. The van der Waals surface area contributed by atoms with Gasteiger partial charge in [-0.2, -0.15) is 5.10 Å². The number of likely N-dealkylation sites (tertiary alicyclic amines) is 1. The third kappa shape index (κ3) is 5.16. The minimum atomic E-state index is 0.0801. The lowest BCUT2D eigenvalue weighted by molar-refractivity contribution is -0.127. The number of ether oxygens (including phenoxy) is 2. The van der Waals surface area contributed by atoms with Crippen LogP contribution in [-0.2, 0) is 4.79 Å². The Balaban J connectivity index is 1.01. The smallest absolute Gasteiger partial charge is 0.246 e. The number of carbonyl (C=O) groups excluding carboxylic acids is 1. The van der Waals surface area contributed by atoms with E-state index < -0.39 is 0 Å². The molecule has 2 fully saturated rings. The first kappa shape index (κ1) is 27.3. The van der Waals surface area contributed by atoms with Gasteiger partial charge in [-0.3, -0.25) is 4.79 Å². The summed E-state index contributed by atoms with van der Waals surface area (Å²) in [5.41, 5.74) is 4.35. The standard InChI is InChI=1S/C33H33N9O3/c1-21-13-23(4-7-28(21)45-25-9-10-42-29(14-25)35-20-37-42)38-33-31-26(34-19-36-33)5-6-27-32(31)44-18-24-17-40(11-12-41(24)27)30(43)8-3-22-15-39(2)16-22/h3-10,13-14,19-20,22,24H,11-12,15-18H2,1-2H3,(H,34,36,38)/b8-3+/t24-/m0/s1. The Morgan fingerprint density at radius 1 is 1.04 bits per heavy atom. The molecular weight excluding hydrogens is 570 g/mol. The number of fused-ring (bicyclic) bond motifs is 6. The molecule has 6 heterocycles. The first-order valence-corrected chi connectivity index (χ1v) is 15.2. The van der Waals surface area contributed by atoms with Crippen molar-refractivity contribution in [1.29, 1.82) is 0 Å². The molecule has 1 amide bonds. The lowest BCUT2D eigenvalue weighted by atomic mass is 10.0. The summed E-state index contributed by atoms with van der Waals surface area (Å²) in [5, 5.41) is 8.45. The van der Waals surface area contributed by atoms with Crippen molar-refractivity contribution in [2.45, 2.75) is 13.0 Å². The fourth-order valence-electron chi connectivity index (χ4n) is 6.43. The van der Waals surface area contributed by atoms with Gasteiger partial charge in [-0.05, 0) is 62.0 Å². The number of benzene rings is 2. The van der Waals surface area contributed by atoms with E-state index in [9.17, 15) is 4.79 Å². The monoisotopic (exact) mass is 603 g/mol. The molecular formula is C33H33N9O3. The quantitative estimate of drug-likeness (QED) is 0.285. The van der Waals surface area contributed by atoms with E-state index in [4.69, 9.17) is 9.47 Å². The summed E-state index contributed by atoms with van der Waals surface area (Å²) >= 11 is 0. The second-order valence-electron chi connectivity index (χ2n) is 11.9. The average Bonchev–Trinajstić information content (AvgIpc) is 3.51. The number of hydrogen-bond donors (Lipinski definition) is 1. The molecule has 12 heteroatoms. The predicted octanol–water partition coefficient (Wildman–Crippen LogP) is 4.04. The van der Waals surface area contributed by atoms with Crippen molar-refractivity contribution in [3.05, 3.63) is 79.0 Å². The van der Waals surface area contributed by atoms with Crippen LogP contribution in [0.4, 0.5) is 17.2 Å². The second kappa shape index (κ2) is 11.0. The average molecular weight is 604 g/mol. The van der Waals surface area contributed by atoms with Crippen LogP contribution in [0.2, 0.25) is 0 Å². The number of hydrogen-bond acceptors (Lipinski definition) is 10. The van der Waals surface area contributed by atoms with Crippen molar-refractivity contribution < 1.29 is 14.3 Å². The van der Waals surface area contributed by atoms with Gasteiger partial charge < -0.3 is 29.5 Å². The van der Waals surface area contributed by atoms with Gasteiger partial charge in [0.25, 0.3) is 0 Å². The number of anilines is 3. The van der Waals surface area contributed by atoms with Crippen LogP contribution in [0.3, 0.4) is 0 Å². The molecule has 0 spiro atoms. The first-order chi connectivity index (χ1) is 22.0. The van der Waals surface area contributed by atoms with Gasteiger partial charge >= 0.3 is 0 Å². The summed E-state index contributed by atoms with van der Waals surface area (Å²) < 4.78 is 14.3. The van der Waals surface area contributed by atoms with Gasteiger partial charge in [0, 0.05) is 56.6 Å². The van der Waals surface area contributed by atoms with E-state index in [-0.39, 0.29) is 11.9 Å². The van der Waals surface area contributed by atoms with Crippen LogP contribution in [0.5, 0.6) is 17.2 Å². The number of nitrogens with one attached hydrogen (secondary N) is 1. The van der Waals surface area contributed by atoms with Crippen molar-refractivity contribution in [2.75, 3.05) is 56.6 Å². The molecule has 2 saturated heterocycles. The molecule has 5 aromatic rings. The molecule has 45 heavy (non-hydrogen) atoms. The van der Waals surface area contributed by atoms with Gasteiger partial charge in [0.15, 0.2) is 11.4 Å². The summed E-state index contributed by atoms with van der Waals surface area (Å²) in [5.74, 6) is 3.41. The highest BCUT2D eigenvalue weighted by atomic mass is 16.5. The van der Waals surface area contributed by atoms with Crippen molar-refractivity contribution in [2.24, 2.45) is 5.92 Å². The summed E-state index contributed by atoms with van der Waals surface area (Å²) in [6, 6.07) is 13.8. The maximum absolute atomic E-state index is 12.9. The van der Waals surface area contributed by atoms with Gasteiger partial charge in [0.1, 0.15) is 36.6 Å². The van der Waals surface area contributed by atoms with Gasteiger partial charge in [-0.25, -0.2) is 19.5 Å². The molecule has 12 nitrogen and oxygen atoms in total. The Hall–Kier alpha value is -5.23. The summed E-state index contributed by atoms with van der Waals surface area (Å²) in [6.07, 6.45) is 8.71. The zero-order valence-electron chi connectivity index (χ0n) is 25.1. The van der Waals surface area contributed by atoms with Crippen LogP contribution in [0.15, 0.2) is 73.5 Å².